The summed E-state index contributed by atoms with van der Waals surface area (Å²) < 4.78 is 3.78. The van der Waals surface area contributed by atoms with Crippen molar-refractivity contribution in [2.75, 3.05) is 6.54 Å². The molecule has 0 amide bonds. The Morgan fingerprint density at radius 1 is 1.28 bits per heavy atom. The number of aryl methyl sites for hydroxylation is 3. The van der Waals surface area contributed by atoms with Crippen LogP contribution in [0.3, 0.4) is 0 Å². The van der Waals surface area contributed by atoms with Gasteiger partial charge < -0.3 is 5.32 Å². The summed E-state index contributed by atoms with van der Waals surface area (Å²) in [5, 5.41) is 12.5. The smallest absolute Gasteiger partial charge is 0.0940 e. The predicted molar refractivity (Wildman–Crippen MR) is 71.3 cm³/mol. The van der Waals surface area contributed by atoms with Crippen molar-refractivity contribution in [2.24, 2.45) is 14.1 Å². The highest BCUT2D eigenvalue weighted by Gasteiger charge is 2.19. The van der Waals surface area contributed by atoms with Crippen LogP contribution in [0.4, 0.5) is 0 Å². The average Bonchev–Trinajstić information content (AvgIpc) is 2.93. The first-order valence-corrected chi connectivity index (χ1v) is 6.41. The fraction of sp³-hybridized carbons (Fsp3) is 0.538. The molecule has 0 fully saturated rings. The van der Waals surface area contributed by atoms with Crippen LogP contribution >= 0.6 is 0 Å². The van der Waals surface area contributed by atoms with Crippen LogP contribution in [-0.2, 0) is 20.5 Å². The molecule has 1 unspecified atom stereocenters. The molecule has 0 saturated carbocycles. The highest BCUT2D eigenvalue weighted by molar-refractivity contribution is 5.23. The third-order valence-corrected chi connectivity index (χ3v) is 3.06. The van der Waals surface area contributed by atoms with Crippen LogP contribution in [-0.4, -0.2) is 26.1 Å². The molecule has 5 nitrogen and oxygen atoms in total. The second-order valence-electron chi connectivity index (χ2n) is 4.44. The van der Waals surface area contributed by atoms with Crippen molar-refractivity contribution in [2.45, 2.75) is 26.3 Å². The molecule has 0 aromatic carbocycles. The minimum absolute atomic E-state index is 0.106. The summed E-state index contributed by atoms with van der Waals surface area (Å²) in [6.45, 7) is 5.12. The minimum Gasteiger partial charge on any atom is -0.304 e. The number of rotatable bonds is 5. The highest BCUT2D eigenvalue weighted by Crippen LogP contribution is 2.21. The fourth-order valence-electron chi connectivity index (χ4n) is 2.14. The topological polar surface area (TPSA) is 47.7 Å². The van der Waals surface area contributed by atoms with Gasteiger partial charge in [0, 0.05) is 20.3 Å². The van der Waals surface area contributed by atoms with Crippen LogP contribution in [0.1, 0.15) is 37.0 Å². The van der Waals surface area contributed by atoms with Crippen LogP contribution in [0.15, 0.2) is 18.3 Å². The summed E-state index contributed by atoms with van der Waals surface area (Å²) in [4.78, 5) is 0. The lowest BCUT2D eigenvalue weighted by Crippen LogP contribution is -2.24. The Morgan fingerprint density at radius 2 is 2.06 bits per heavy atom. The summed E-state index contributed by atoms with van der Waals surface area (Å²) in [5.41, 5.74) is 3.31. The Balaban J connectivity index is 2.37. The molecule has 2 aromatic rings. The van der Waals surface area contributed by atoms with Crippen molar-refractivity contribution >= 4 is 0 Å². The average molecular weight is 247 g/mol. The van der Waals surface area contributed by atoms with E-state index in [0.717, 1.165) is 30.0 Å². The molecule has 5 heteroatoms. The Labute approximate surface area is 108 Å². The van der Waals surface area contributed by atoms with Gasteiger partial charge in [-0.05, 0) is 25.1 Å². The molecule has 0 bridgehead atoms. The first-order chi connectivity index (χ1) is 8.65. The van der Waals surface area contributed by atoms with Crippen LogP contribution in [0.5, 0.6) is 0 Å². The Morgan fingerprint density at radius 3 is 2.56 bits per heavy atom. The molecular weight excluding hydrogens is 226 g/mol. The van der Waals surface area contributed by atoms with Crippen LogP contribution < -0.4 is 5.32 Å². The van der Waals surface area contributed by atoms with Crippen molar-refractivity contribution in [1.82, 2.24) is 24.9 Å². The number of hydrogen-bond donors (Lipinski definition) is 1. The van der Waals surface area contributed by atoms with E-state index in [1.807, 2.05) is 35.7 Å². The summed E-state index contributed by atoms with van der Waals surface area (Å²) in [6, 6.07) is 4.31. The van der Waals surface area contributed by atoms with Gasteiger partial charge in [0.2, 0.25) is 0 Å². The third kappa shape index (κ3) is 2.46. The number of hydrogen-bond acceptors (Lipinski definition) is 3. The van der Waals surface area contributed by atoms with Crippen molar-refractivity contribution in [3.8, 4) is 0 Å². The van der Waals surface area contributed by atoms with E-state index in [2.05, 4.69) is 35.4 Å². The van der Waals surface area contributed by atoms with E-state index in [1.165, 1.54) is 0 Å². The lowest BCUT2D eigenvalue weighted by molar-refractivity contribution is 0.552. The zero-order valence-electron chi connectivity index (χ0n) is 11.5. The minimum atomic E-state index is 0.106. The van der Waals surface area contributed by atoms with Gasteiger partial charge in [-0.2, -0.15) is 10.2 Å². The van der Waals surface area contributed by atoms with E-state index in [1.54, 1.807) is 0 Å². The Hall–Kier alpha value is -1.62. The maximum Gasteiger partial charge on any atom is 0.0940 e. The zero-order valence-corrected chi connectivity index (χ0v) is 11.5. The first-order valence-electron chi connectivity index (χ1n) is 6.41. The normalized spacial score (nSPS) is 12.9. The summed E-state index contributed by atoms with van der Waals surface area (Å²) in [7, 11) is 3.93. The van der Waals surface area contributed by atoms with Gasteiger partial charge in [0.15, 0.2) is 0 Å². The lowest BCUT2D eigenvalue weighted by atomic mass is 10.1. The molecule has 0 spiro atoms. The summed E-state index contributed by atoms with van der Waals surface area (Å²) in [5.74, 6) is 0. The second kappa shape index (κ2) is 5.35. The molecule has 18 heavy (non-hydrogen) atoms. The largest absolute Gasteiger partial charge is 0.304 e. The molecular formula is C13H21N5. The molecule has 0 radical (unpaired) electrons. The molecule has 0 aliphatic heterocycles. The van der Waals surface area contributed by atoms with Gasteiger partial charge in [-0.25, -0.2) is 0 Å². The standard InChI is InChI=1S/C13H21N5/c1-5-10-9-12(18(4)15-10)13(14-6-2)11-7-8-17(3)16-11/h7-9,13-14H,5-6H2,1-4H3. The molecule has 1 atom stereocenters. The van der Waals surface area contributed by atoms with Crippen LogP contribution in [0, 0.1) is 0 Å². The molecule has 98 valence electrons. The second-order valence-corrected chi connectivity index (χ2v) is 4.44. The third-order valence-electron chi connectivity index (χ3n) is 3.06. The van der Waals surface area contributed by atoms with Crippen molar-refractivity contribution in [3.05, 3.63) is 35.4 Å². The fourth-order valence-corrected chi connectivity index (χ4v) is 2.14. The molecule has 1 N–H and O–H groups in total. The molecule has 2 aromatic heterocycles. The van der Waals surface area contributed by atoms with Gasteiger partial charge in [0.05, 0.1) is 23.1 Å². The van der Waals surface area contributed by atoms with Gasteiger partial charge in [-0.1, -0.05) is 13.8 Å². The quantitative estimate of drug-likeness (QED) is 0.869. The summed E-state index contributed by atoms with van der Waals surface area (Å²) >= 11 is 0. The molecule has 2 heterocycles. The number of nitrogens with zero attached hydrogens (tertiary/aromatic N) is 4. The number of nitrogens with one attached hydrogen (secondary N) is 1. The monoisotopic (exact) mass is 247 g/mol. The van der Waals surface area contributed by atoms with E-state index < -0.39 is 0 Å². The molecule has 0 saturated heterocycles. The van der Waals surface area contributed by atoms with Gasteiger partial charge in [-0.3, -0.25) is 9.36 Å². The van der Waals surface area contributed by atoms with E-state index in [-0.39, 0.29) is 6.04 Å². The van der Waals surface area contributed by atoms with Crippen LogP contribution in [0.25, 0.3) is 0 Å². The predicted octanol–water partition coefficient (Wildman–Crippen LogP) is 1.41. The van der Waals surface area contributed by atoms with Crippen molar-refractivity contribution in [3.63, 3.8) is 0 Å². The summed E-state index contributed by atoms with van der Waals surface area (Å²) in [6.07, 6.45) is 2.92. The van der Waals surface area contributed by atoms with E-state index in [0.29, 0.717) is 0 Å². The first kappa shape index (κ1) is 12.8. The van der Waals surface area contributed by atoms with Gasteiger partial charge in [0.25, 0.3) is 0 Å². The Kier molecular flexibility index (Phi) is 3.81. The number of aromatic nitrogens is 4. The van der Waals surface area contributed by atoms with E-state index >= 15 is 0 Å². The molecule has 2 rings (SSSR count). The van der Waals surface area contributed by atoms with E-state index in [4.69, 9.17) is 0 Å². The van der Waals surface area contributed by atoms with Gasteiger partial charge in [-0.15, -0.1) is 0 Å². The maximum absolute atomic E-state index is 4.51. The molecule has 0 aliphatic carbocycles. The van der Waals surface area contributed by atoms with Gasteiger partial charge >= 0.3 is 0 Å². The maximum atomic E-state index is 4.51. The van der Waals surface area contributed by atoms with Crippen LogP contribution in [0.2, 0.25) is 0 Å². The zero-order chi connectivity index (χ0) is 13.1. The van der Waals surface area contributed by atoms with Gasteiger partial charge in [0.1, 0.15) is 0 Å². The SMILES string of the molecule is CCNC(c1ccn(C)n1)c1cc(CC)nn1C. The lowest BCUT2D eigenvalue weighted by Gasteiger charge is -2.15. The Bertz CT molecular complexity index is 511. The molecule has 0 aliphatic rings. The van der Waals surface area contributed by atoms with Crippen molar-refractivity contribution < 1.29 is 0 Å². The highest BCUT2D eigenvalue weighted by atomic mass is 15.3. The van der Waals surface area contributed by atoms with Crippen molar-refractivity contribution in [1.29, 1.82) is 0 Å². The van der Waals surface area contributed by atoms with E-state index in [9.17, 15) is 0 Å².